The molecule has 3 heteroatoms. The summed E-state index contributed by atoms with van der Waals surface area (Å²) in [5.74, 6) is 1.75. The van der Waals surface area contributed by atoms with Gasteiger partial charge in [0.1, 0.15) is 0 Å². The van der Waals surface area contributed by atoms with Gasteiger partial charge < -0.3 is 5.32 Å². The molecule has 1 aromatic rings. The Bertz CT molecular complexity index is 348. The predicted octanol–water partition coefficient (Wildman–Crippen LogP) is 3.93. The standard InChI is InChI=1S/C14H24N2S/c1-4-11-6-5-7-12(8-11)13(15-3)14-10(2)16-9-17-14/h9,11-13,15H,4-8H2,1-3H3. The molecule has 1 fully saturated rings. The summed E-state index contributed by atoms with van der Waals surface area (Å²) in [6, 6.07) is 0.525. The van der Waals surface area contributed by atoms with Gasteiger partial charge >= 0.3 is 0 Å². The van der Waals surface area contributed by atoms with Gasteiger partial charge in [-0.25, -0.2) is 4.98 Å². The van der Waals surface area contributed by atoms with E-state index in [0.717, 1.165) is 11.8 Å². The summed E-state index contributed by atoms with van der Waals surface area (Å²) in [6.07, 6.45) is 6.94. The fraction of sp³-hybridized carbons (Fsp3) is 0.786. The second-order valence-electron chi connectivity index (χ2n) is 5.27. The predicted molar refractivity (Wildman–Crippen MR) is 74.4 cm³/mol. The van der Waals surface area contributed by atoms with E-state index in [1.807, 2.05) is 16.8 Å². The molecule has 17 heavy (non-hydrogen) atoms. The lowest BCUT2D eigenvalue weighted by molar-refractivity contribution is 0.216. The van der Waals surface area contributed by atoms with E-state index >= 15 is 0 Å². The van der Waals surface area contributed by atoms with Crippen LogP contribution in [0, 0.1) is 18.8 Å². The van der Waals surface area contributed by atoms with Crippen molar-refractivity contribution in [1.29, 1.82) is 0 Å². The van der Waals surface area contributed by atoms with Crippen molar-refractivity contribution in [3.8, 4) is 0 Å². The first-order valence-electron chi connectivity index (χ1n) is 6.83. The summed E-state index contributed by atoms with van der Waals surface area (Å²) >= 11 is 1.81. The molecule has 3 atom stereocenters. The van der Waals surface area contributed by atoms with E-state index in [-0.39, 0.29) is 0 Å². The van der Waals surface area contributed by atoms with Gasteiger partial charge in [0.15, 0.2) is 0 Å². The van der Waals surface area contributed by atoms with Crippen LogP contribution >= 0.6 is 11.3 Å². The number of aromatic nitrogens is 1. The molecule has 0 aromatic carbocycles. The van der Waals surface area contributed by atoms with Crippen LogP contribution in [0.5, 0.6) is 0 Å². The normalized spacial score (nSPS) is 27.0. The summed E-state index contributed by atoms with van der Waals surface area (Å²) in [6.45, 7) is 4.47. The minimum Gasteiger partial charge on any atom is -0.312 e. The van der Waals surface area contributed by atoms with E-state index in [9.17, 15) is 0 Å². The van der Waals surface area contributed by atoms with Crippen molar-refractivity contribution in [3.05, 3.63) is 16.1 Å². The monoisotopic (exact) mass is 252 g/mol. The highest BCUT2D eigenvalue weighted by Crippen LogP contribution is 2.39. The molecule has 1 saturated carbocycles. The molecular weight excluding hydrogens is 228 g/mol. The number of hydrogen-bond acceptors (Lipinski definition) is 3. The largest absolute Gasteiger partial charge is 0.312 e. The molecule has 96 valence electrons. The lowest BCUT2D eigenvalue weighted by Gasteiger charge is -2.34. The summed E-state index contributed by atoms with van der Waals surface area (Å²) in [4.78, 5) is 5.85. The molecule has 0 spiro atoms. The summed E-state index contributed by atoms with van der Waals surface area (Å²) < 4.78 is 0. The molecule has 2 nitrogen and oxygen atoms in total. The average Bonchev–Trinajstić information content (AvgIpc) is 2.77. The van der Waals surface area contributed by atoms with Crippen molar-refractivity contribution in [1.82, 2.24) is 10.3 Å². The molecule has 0 aliphatic heterocycles. The molecule has 1 aliphatic carbocycles. The van der Waals surface area contributed by atoms with Crippen molar-refractivity contribution in [2.75, 3.05) is 7.05 Å². The van der Waals surface area contributed by atoms with Crippen LogP contribution in [0.2, 0.25) is 0 Å². The van der Waals surface area contributed by atoms with Gasteiger partial charge in [-0.3, -0.25) is 0 Å². The van der Waals surface area contributed by atoms with Crippen molar-refractivity contribution in [3.63, 3.8) is 0 Å². The fourth-order valence-corrected chi connectivity index (χ4v) is 4.20. The SMILES string of the molecule is CCC1CCCC(C(NC)c2scnc2C)C1. The summed E-state index contributed by atoms with van der Waals surface area (Å²) in [7, 11) is 2.10. The van der Waals surface area contributed by atoms with Gasteiger partial charge in [-0.15, -0.1) is 11.3 Å². The number of nitrogens with one attached hydrogen (secondary N) is 1. The van der Waals surface area contributed by atoms with Gasteiger partial charge in [-0.2, -0.15) is 0 Å². The highest BCUT2D eigenvalue weighted by atomic mass is 32.1. The van der Waals surface area contributed by atoms with Crippen LogP contribution in [0.25, 0.3) is 0 Å². The van der Waals surface area contributed by atoms with Crippen LogP contribution in [-0.4, -0.2) is 12.0 Å². The first-order valence-corrected chi connectivity index (χ1v) is 7.71. The number of nitrogens with zero attached hydrogens (tertiary/aromatic N) is 1. The van der Waals surface area contributed by atoms with Crippen LogP contribution in [-0.2, 0) is 0 Å². The molecule has 2 rings (SSSR count). The Hall–Kier alpha value is -0.410. The average molecular weight is 252 g/mol. The van der Waals surface area contributed by atoms with Crippen LogP contribution < -0.4 is 5.32 Å². The number of rotatable bonds is 4. The lowest BCUT2D eigenvalue weighted by atomic mass is 9.76. The third-order valence-electron chi connectivity index (χ3n) is 4.25. The highest BCUT2D eigenvalue weighted by Gasteiger charge is 2.29. The molecule has 1 aromatic heterocycles. The summed E-state index contributed by atoms with van der Waals surface area (Å²) in [5, 5.41) is 3.53. The second kappa shape index (κ2) is 5.96. The maximum atomic E-state index is 4.40. The Kier molecular flexibility index (Phi) is 4.57. The fourth-order valence-electron chi connectivity index (χ4n) is 3.20. The van der Waals surface area contributed by atoms with E-state index in [4.69, 9.17) is 0 Å². The van der Waals surface area contributed by atoms with E-state index < -0.39 is 0 Å². The topological polar surface area (TPSA) is 24.9 Å². The maximum Gasteiger partial charge on any atom is 0.0798 e. The molecule has 0 radical (unpaired) electrons. The lowest BCUT2D eigenvalue weighted by Crippen LogP contribution is -2.29. The Morgan fingerprint density at radius 1 is 1.53 bits per heavy atom. The van der Waals surface area contributed by atoms with Crippen LogP contribution in [0.3, 0.4) is 0 Å². The van der Waals surface area contributed by atoms with E-state index in [0.29, 0.717) is 6.04 Å². The van der Waals surface area contributed by atoms with Gasteiger partial charge in [-0.05, 0) is 38.6 Å². The smallest absolute Gasteiger partial charge is 0.0798 e. The van der Waals surface area contributed by atoms with Crippen molar-refractivity contribution >= 4 is 11.3 Å². The van der Waals surface area contributed by atoms with Gasteiger partial charge in [0, 0.05) is 10.9 Å². The van der Waals surface area contributed by atoms with E-state index in [1.54, 1.807) is 0 Å². The van der Waals surface area contributed by atoms with Crippen molar-refractivity contribution in [2.24, 2.45) is 11.8 Å². The third-order valence-corrected chi connectivity index (χ3v) is 5.26. The first kappa shape index (κ1) is 13.0. The van der Waals surface area contributed by atoms with Crippen LogP contribution in [0.15, 0.2) is 5.51 Å². The number of aryl methyl sites for hydroxylation is 1. The van der Waals surface area contributed by atoms with Crippen LogP contribution in [0.4, 0.5) is 0 Å². The number of hydrogen-bond donors (Lipinski definition) is 1. The zero-order valence-electron chi connectivity index (χ0n) is 11.2. The highest BCUT2D eigenvalue weighted by molar-refractivity contribution is 7.09. The molecular formula is C14H24N2S. The Morgan fingerprint density at radius 3 is 2.94 bits per heavy atom. The Balaban J connectivity index is 2.10. The minimum absolute atomic E-state index is 0.525. The molecule has 0 saturated heterocycles. The van der Waals surface area contributed by atoms with Crippen molar-refractivity contribution in [2.45, 2.75) is 52.0 Å². The molecule has 0 bridgehead atoms. The van der Waals surface area contributed by atoms with E-state index in [1.165, 1.54) is 42.7 Å². The van der Waals surface area contributed by atoms with Gasteiger partial charge in [0.05, 0.1) is 11.2 Å². The van der Waals surface area contributed by atoms with Gasteiger partial charge in [0.25, 0.3) is 0 Å². The van der Waals surface area contributed by atoms with Crippen molar-refractivity contribution < 1.29 is 0 Å². The summed E-state index contributed by atoms with van der Waals surface area (Å²) in [5.41, 5.74) is 3.20. The minimum atomic E-state index is 0.525. The molecule has 1 aliphatic rings. The second-order valence-corrected chi connectivity index (χ2v) is 6.16. The Morgan fingerprint density at radius 2 is 2.35 bits per heavy atom. The third kappa shape index (κ3) is 2.89. The van der Waals surface area contributed by atoms with E-state index in [2.05, 4.69) is 31.2 Å². The Labute approximate surface area is 109 Å². The van der Waals surface area contributed by atoms with Gasteiger partial charge in [0.2, 0.25) is 0 Å². The maximum absolute atomic E-state index is 4.40. The van der Waals surface area contributed by atoms with Crippen LogP contribution in [0.1, 0.15) is 55.6 Å². The zero-order chi connectivity index (χ0) is 12.3. The zero-order valence-corrected chi connectivity index (χ0v) is 12.0. The van der Waals surface area contributed by atoms with Gasteiger partial charge in [-0.1, -0.05) is 26.2 Å². The number of thiazole rings is 1. The molecule has 1 heterocycles. The molecule has 3 unspecified atom stereocenters. The first-order chi connectivity index (χ1) is 8.26. The molecule has 0 amide bonds. The molecule has 1 N–H and O–H groups in total. The quantitative estimate of drug-likeness (QED) is 0.878.